The van der Waals surface area contributed by atoms with Crippen LogP contribution in [-0.4, -0.2) is 55.0 Å². The lowest BCUT2D eigenvalue weighted by Crippen LogP contribution is -2.51. The van der Waals surface area contributed by atoms with Gasteiger partial charge in [-0.05, 0) is 55.0 Å². The fraction of sp³-hybridized carbons (Fsp3) is 0.231. The summed E-state index contributed by atoms with van der Waals surface area (Å²) in [5, 5.41) is 3.51. The molecule has 0 aliphatic carbocycles. The standard InChI is InChI=1S/C26H25ClN4O3/c1-17-6-9-22-24(14-17)34-23-16-20(33-2)7-8-21(23)25(29-22)30-10-12-31(13-11-30)26(32)28-19-5-3-4-18(27)15-19/h3-9,14-16H,10-13H2,1-2H3,(H,28,32). The zero-order valence-corrected chi connectivity index (χ0v) is 19.8. The van der Waals surface area contributed by atoms with Gasteiger partial charge in [-0.15, -0.1) is 0 Å². The van der Waals surface area contributed by atoms with Crippen LogP contribution in [0.1, 0.15) is 11.1 Å². The number of urea groups is 1. The van der Waals surface area contributed by atoms with E-state index in [2.05, 4.69) is 10.2 Å². The Morgan fingerprint density at radius 1 is 1.03 bits per heavy atom. The molecule has 0 bridgehead atoms. The Morgan fingerprint density at radius 3 is 2.62 bits per heavy atom. The van der Waals surface area contributed by atoms with E-state index in [9.17, 15) is 4.79 Å². The van der Waals surface area contributed by atoms with Crippen LogP contribution in [0.4, 0.5) is 16.2 Å². The number of piperazine rings is 1. The number of nitrogens with one attached hydrogen (secondary N) is 1. The molecule has 7 nitrogen and oxygen atoms in total. The highest BCUT2D eigenvalue weighted by Crippen LogP contribution is 2.40. The molecule has 0 atom stereocenters. The van der Waals surface area contributed by atoms with Gasteiger partial charge in [-0.3, -0.25) is 0 Å². The van der Waals surface area contributed by atoms with Gasteiger partial charge in [-0.1, -0.05) is 23.7 Å². The van der Waals surface area contributed by atoms with Gasteiger partial charge in [0.25, 0.3) is 0 Å². The number of carbonyl (C=O) groups is 1. The molecule has 2 aliphatic heterocycles. The number of rotatable bonds is 2. The van der Waals surface area contributed by atoms with E-state index in [0.717, 1.165) is 28.4 Å². The molecule has 3 aromatic rings. The molecule has 0 radical (unpaired) electrons. The molecule has 34 heavy (non-hydrogen) atoms. The molecule has 3 aromatic carbocycles. The van der Waals surface area contributed by atoms with Crippen molar-refractivity contribution in [3.05, 3.63) is 76.8 Å². The number of anilines is 1. The van der Waals surface area contributed by atoms with Crippen LogP contribution in [0, 0.1) is 6.92 Å². The molecule has 1 saturated heterocycles. The Bertz CT molecular complexity index is 1270. The van der Waals surface area contributed by atoms with Crippen LogP contribution in [0.5, 0.6) is 17.2 Å². The average molecular weight is 477 g/mol. The first kappa shape index (κ1) is 22.1. The van der Waals surface area contributed by atoms with Crippen LogP contribution >= 0.6 is 11.6 Å². The van der Waals surface area contributed by atoms with Gasteiger partial charge in [-0.25, -0.2) is 9.79 Å². The molecule has 0 unspecified atom stereocenters. The minimum Gasteiger partial charge on any atom is -0.497 e. The van der Waals surface area contributed by atoms with Crippen LogP contribution in [0.2, 0.25) is 5.02 Å². The topological polar surface area (TPSA) is 66.4 Å². The second-order valence-corrected chi connectivity index (χ2v) is 8.72. The molecule has 0 aromatic heterocycles. The molecular formula is C26H25ClN4O3. The summed E-state index contributed by atoms with van der Waals surface area (Å²) >= 11 is 6.03. The number of amides is 2. The van der Waals surface area contributed by atoms with Gasteiger partial charge in [0.1, 0.15) is 23.0 Å². The van der Waals surface area contributed by atoms with Crippen LogP contribution in [0.3, 0.4) is 0 Å². The number of aliphatic imine (C=N–C) groups is 1. The number of carbonyl (C=O) groups excluding carboxylic acids is 1. The summed E-state index contributed by atoms with van der Waals surface area (Å²) in [7, 11) is 1.64. The van der Waals surface area contributed by atoms with Gasteiger partial charge >= 0.3 is 6.03 Å². The molecule has 2 heterocycles. The second kappa shape index (κ2) is 9.27. The highest BCUT2D eigenvalue weighted by Gasteiger charge is 2.28. The van der Waals surface area contributed by atoms with Crippen molar-refractivity contribution in [1.82, 2.24) is 9.80 Å². The molecule has 0 spiro atoms. The highest BCUT2D eigenvalue weighted by molar-refractivity contribution is 6.30. The van der Waals surface area contributed by atoms with Crippen molar-refractivity contribution in [2.75, 3.05) is 38.6 Å². The summed E-state index contributed by atoms with van der Waals surface area (Å²) in [6, 6.07) is 18.8. The van der Waals surface area contributed by atoms with Crippen LogP contribution in [0.15, 0.2) is 65.7 Å². The summed E-state index contributed by atoms with van der Waals surface area (Å²) < 4.78 is 11.7. The van der Waals surface area contributed by atoms with E-state index in [1.54, 1.807) is 24.1 Å². The van der Waals surface area contributed by atoms with E-state index in [4.69, 9.17) is 26.1 Å². The van der Waals surface area contributed by atoms with Crippen molar-refractivity contribution in [1.29, 1.82) is 0 Å². The number of nitrogens with zero attached hydrogens (tertiary/aromatic N) is 3. The van der Waals surface area contributed by atoms with E-state index < -0.39 is 0 Å². The molecule has 1 N–H and O–H groups in total. The number of fused-ring (bicyclic) bond motifs is 2. The SMILES string of the molecule is COc1ccc2c(c1)Oc1cc(C)ccc1N=C2N1CCN(C(=O)Nc2cccc(Cl)c2)CC1. The van der Waals surface area contributed by atoms with Gasteiger partial charge in [0.2, 0.25) is 0 Å². The van der Waals surface area contributed by atoms with E-state index in [-0.39, 0.29) is 6.03 Å². The van der Waals surface area contributed by atoms with Crippen LogP contribution in [0.25, 0.3) is 0 Å². The lowest BCUT2D eigenvalue weighted by molar-refractivity contribution is 0.181. The Kier molecular flexibility index (Phi) is 6.02. The Labute approximate surface area is 203 Å². The maximum absolute atomic E-state index is 12.8. The predicted molar refractivity (Wildman–Crippen MR) is 134 cm³/mol. The number of aryl methyl sites for hydroxylation is 1. The van der Waals surface area contributed by atoms with E-state index in [0.29, 0.717) is 48.4 Å². The number of hydrogen-bond acceptors (Lipinski definition) is 5. The highest BCUT2D eigenvalue weighted by atomic mass is 35.5. The zero-order valence-electron chi connectivity index (χ0n) is 19.0. The van der Waals surface area contributed by atoms with Crippen molar-refractivity contribution < 1.29 is 14.3 Å². The fourth-order valence-corrected chi connectivity index (χ4v) is 4.31. The van der Waals surface area contributed by atoms with Gasteiger partial charge in [0.15, 0.2) is 5.75 Å². The molecule has 2 amide bonds. The lowest BCUT2D eigenvalue weighted by Gasteiger charge is -2.36. The molecular weight excluding hydrogens is 452 g/mol. The van der Waals surface area contributed by atoms with Crippen molar-refractivity contribution in [2.45, 2.75) is 6.92 Å². The first-order chi connectivity index (χ1) is 16.5. The first-order valence-electron chi connectivity index (χ1n) is 11.1. The summed E-state index contributed by atoms with van der Waals surface area (Å²) in [4.78, 5) is 21.8. The molecule has 174 valence electrons. The molecule has 1 fully saturated rings. The lowest BCUT2D eigenvalue weighted by atomic mass is 10.1. The number of amidine groups is 1. The van der Waals surface area contributed by atoms with Crippen molar-refractivity contribution in [3.63, 3.8) is 0 Å². The van der Waals surface area contributed by atoms with Crippen molar-refractivity contribution >= 4 is 34.8 Å². The number of hydrogen-bond donors (Lipinski definition) is 1. The monoisotopic (exact) mass is 476 g/mol. The fourth-order valence-electron chi connectivity index (χ4n) is 4.12. The maximum atomic E-state index is 12.8. The maximum Gasteiger partial charge on any atom is 0.321 e. The third kappa shape index (κ3) is 4.52. The van der Waals surface area contributed by atoms with Crippen LogP contribution in [-0.2, 0) is 0 Å². The van der Waals surface area contributed by atoms with Gasteiger partial charge < -0.3 is 24.6 Å². The number of halogens is 1. The first-order valence-corrected chi connectivity index (χ1v) is 11.5. The van der Waals surface area contributed by atoms with Gasteiger partial charge in [0.05, 0.1) is 12.7 Å². The molecule has 5 rings (SSSR count). The molecule has 0 saturated carbocycles. The predicted octanol–water partition coefficient (Wildman–Crippen LogP) is 5.69. The Balaban J connectivity index is 1.38. The zero-order chi connectivity index (χ0) is 23.7. The smallest absolute Gasteiger partial charge is 0.321 e. The number of methoxy groups -OCH3 is 1. The third-order valence-electron chi connectivity index (χ3n) is 5.93. The van der Waals surface area contributed by atoms with E-state index >= 15 is 0 Å². The Morgan fingerprint density at radius 2 is 1.85 bits per heavy atom. The van der Waals surface area contributed by atoms with Crippen LogP contribution < -0.4 is 14.8 Å². The normalized spacial score (nSPS) is 14.9. The number of benzene rings is 3. The molecule has 8 heteroatoms. The van der Waals surface area contributed by atoms with Gasteiger partial charge in [-0.2, -0.15) is 0 Å². The van der Waals surface area contributed by atoms with E-state index in [1.807, 2.05) is 55.5 Å². The average Bonchev–Trinajstić information content (AvgIpc) is 2.99. The quantitative estimate of drug-likeness (QED) is 0.516. The summed E-state index contributed by atoms with van der Waals surface area (Å²) in [6.07, 6.45) is 0. The van der Waals surface area contributed by atoms with Gasteiger partial charge in [0, 0.05) is 43.0 Å². The minimum absolute atomic E-state index is 0.140. The Hall–Kier alpha value is -3.71. The largest absolute Gasteiger partial charge is 0.497 e. The molecule has 2 aliphatic rings. The summed E-state index contributed by atoms with van der Waals surface area (Å²) in [5.74, 6) is 2.96. The summed E-state index contributed by atoms with van der Waals surface area (Å²) in [5.41, 5.74) is 3.45. The number of ether oxygens (including phenoxy) is 2. The van der Waals surface area contributed by atoms with Crippen molar-refractivity contribution in [2.24, 2.45) is 4.99 Å². The second-order valence-electron chi connectivity index (χ2n) is 8.29. The minimum atomic E-state index is -0.140. The third-order valence-corrected chi connectivity index (χ3v) is 6.17. The summed E-state index contributed by atoms with van der Waals surface area (Å²) in [6.45, 7) is 4.46. The van der Waals surface area contributed by atoms with Crippen molar-refractivity contribution in [3.8, 4) is 17.2 Å². The van der Waals surface area contributed by atoms with E-state index in [1.165, 1.54) is 0 Å².